The number of nitrogen functional groups attached to an aromatic ring is 1. The van der Waals surface area contributed by atoms with Crippen LogP contribution in [-0.2, 0) is 6.61 Å². The van der Waals surface area contributed by atoms with Crippen LogP contribution in [0.5, 0.6) is 5.75 Å². The first-order valence-electron chi connectivity index (χ1n) is 9.60. The van der Waals surface area contributed by atoms with E-state index in [1.165, 1.54) is 6.20 Å². The highest BCUT2D eigenvalue weighted by Gasteiger charge is 2.18. The molecule has 8 nitrogen and oxygen atoms in total. The van der Waals surface area contributed by atoms with Gasteiger partial charge in [0.15, 0.2) is 11.5 Å². The Kier molecular flexibility index (Phi) is 4.53. The third-order valence-corrected chi connectivity index (χ3v) is 4.97. The minimum Gasteiger partial charge on any atom is -0.506 e. The first kappa shape index (κ1) is 18.7. The monoisotopic (exact) mass is 410 g/mol. The van der Waals surface area contributed by atoms with E-state index < -0.39 is 0 Å². The van der Waals surface area contributed by atoms with Gasteiger partial charge in [0, 0.05) is 11.9 Å². The lowest BCUT2D eigenvalue weighted by molar-refractivity contribution is 0.282. The number of hydrogen-bond donors (Lipinski definition) is 3. The summed E-state index contributed by atoms with van der Waals surface area (Å²) in [6.45, 7) is -0.0394. The van der Waals surface area contributed by atoms with Crippen LogP contribution in [0.15, 0.2) is 73.1 Å². The van der Waals surface area contributed by atoms with Gasteiger partial charge in [-0.15, -0.1) is 0 Å². The summed E-state index contributed by atoms with van der Waals surface area (Å²) in [4.78, 5) is 18.1. The van der Waals surface area contributed by atoms with Crippen molar-refractivity contribution in [3.63, 3.8) is 0 Å². The number of rotatable bonds is 4. The Balaban J connectivity index is 1.77. The Morgan fingerprint density at radius 3 is 2.39 bits per heavy atom. The summed E-state index contributed by atoms with van der Waals surface area (Å²) in [5.41, 5.74) is 11.1. The second-order valence-corrected chi connectivity index (χ2v) is 6.97. The molecule has 0 saturated carbocycles. The third kappa shape index (κ3) is 3.34. The molecule has 1 aromatic carbocycles. The summed E-state index contributed by atoms with van der Waals surface area (Å²) >= 11 is 0. The molecule has 0 amide bonds. The van der Waals surface area contributed by atoms with Crippen molar-refractivity contribution in [3.8, 4) is 34.2 Å². The summed E-state index contributed by atoms with van der Waals surface area (Å²) in [5, 5.41) is 18.9. The normalized spacial score (nSPS) is 11.1. The molecule has 0 aliphatic heterocycles. The largest absolute Gasteiger partial charge is 0.506 e. The molecule has 5 rings (SSSR count). The maximum atomic E-state index is 9.53. The first-order valence-corrected chi connectivity index (χ1v) is 9.60. The van der Waals surface area contributed by atoms with Crippen LogP contribution in [0.25, 0.3) is 39.6 Å². The Bertz CT molecular complexity index is 1380. The Morgan fingerprint density at radius 2 is 1.68 bits per heavy atom. The zero-order chi connectivity index (χ0) is 21.4. The second kappa shape index (κ2) is 7.51. The number of imidazole rings is 1. The van der Waals surface area contributed by atoms with Crippen LogP contribution in [-0.4, -0.2) is 34.7 Å². The molecule has 0 aliphatic rings. The van der Waals surface area contributed by atoms with Crippen molar-refractivity contribution >= 4 is 17.0 Å². The summed E-state index contributed by atoms with van der Waals surface area (Å²) in [6.07, 6.45) is 3.02. The fraction of sp³-hybridized carbons (Fsp3) is 0.0435. The molecule has 0 saturated heterocycles. The quantitative estimate of drug-likeness (QED) is 0.415. The summed E-state index contributed by atoms with van der Waals surface area (Å²) in [7, 11) is 0. The standard InChI is InChI=1S/C23H18N6O2/c24-21-17(2-1-11-25-21)22-28-20-10-9-19(18-8-7-16(31)12-26-18)27-23(20)29(22)15-5-3-14(13-30)4-6-15/h1-12,30-31H,13H2,(H2,24,25). The van der Waals surface area contributed by atoms with Crippen molar-refractivity contribution in [3.05, 3.63) is 78.6 Å². The van der Waals surface area contributed by atoms with E-state index in [0.29, 0.717) is 39.8 Å². The van der Waals surface area contributed by atoms with Gasteiger partial charge in [0.05, 0.1) is 29.8 Å². The van der Waals surface area contributed by atoms with Crippen molar-refractivity contribution in [2.24, 2.45) is 0 Å². The van der Waals surface area contributed by atoms with E-state index >= 15 is 0 Å². The number of aliphatic hydroxyl groups excluding tert-OH is 1. The summed E-state index contributed by atoms with van der Waals surface area (Å²) in [6, 6.07) is 18.2. The highest BCUT2D eigenvalue weighted by atomic mass is 16.3. The topological polar surface area (TPSA) is 123 Å². The fourth-order valence-corrected chi connectivity index (χ4v) is 3.42. The number of aromatic hydroxyl groups is 1. The van der Waals surface area contributed by atoms with E-state index in [4.69, 9.17) is 15.7 Å². The average molecular weight is 410 g/mol. The van der Waals surface area contributed by atoms with E-state index in [1.807, 2.05) is 53.1 Å². The molecule has 0 fully saturated rings. The third-order valence-electron chi connectivity index (χ3n) is 4.97. The molecule has 8 heteroatoms. The van der Waals surface area contributed by atoms with Gasteiger partial charge in [-0.1, -0.05) is 12.1 Å². The molecule has 5 aromatic rings. The van der Waals surface area contributed by atoms with Gasteiger partial charge in [0.1, 0.15) is 17.1 Å². The number of hydrogen-bond acceptors (Lipinski definition) is 7. The van der Waals surface area contributed by atoms with E-state index in [-0.39, 0.29) is 12.4 Å². The van der Waals surface area contributed by atoms with Crippen LogP contribution in [0.2, 0.25) is 0 Å². The van der Waals surface area contributed by atoms with Crippen LogP contribution in [0.3, 0.4) is 0 Å². The predicted octanol–water partition coefficient (Wildman–Crippen LogP) is 3.32. The first-order chi connectivity index (χ1) is 15.1. The molecule has 0 radical (unpaired) electrons. The van der Waals surface area contributed by atoms with E-state index in [9.17, 15) is 10.2 Å². The maximum Gasteiger partial charge on any atom is 0.165 e. The SMILES string of the molecule is Nc1ncccc1-c1nc2ccc(-c3ccc(O)cn3)nc2n1-c1ccc(CO)cc1. The average Bonchev–Trinajstić information content (AvgIpc) is 3.18. The lowest BCUT2D eigenvalue weighted by Crippen LogP contribution is -2.02. The van der Waals surface area contributed by atoms with Gasteiger partial charge in [-0.2, -0.15) is 0 Å². The minimum absolute atomic E-state index is 0.0394. The van der Waals surface area contributed by atoms with Crippen molar-refractivity contribution in [2.75, 3.05) is 5.73 Å². The van der Waals surface area contributed by atoms with Crippen molar-refractivity contribution in [1.29, 1.82) is 0 Å². The lowest BCUT2D eigenvalue weighted by Gasteiger charge is -2.11. The number of aliphatic hydroxyl groups is 1. The van der Waals surface area contributed by atoms with Crippen molar-refractivity contribution in [2.45, 2.75) is 6.61 Å². The number of aromatic nitrogens is 5. The van der Waals surface area contributed by atoms with Gasteiger partial charge in [0.25, 0.3) is 0 Å². The smallest absolute Gasteiger partial charge is 0.165 e. The number of benzene rings is 1. The Hall–Kier alpha value is -4.30. The van der Waals surface area contributed by atoms with Crippen LogP contribution in [0.1, 0.15) is 5.56 Å². The number of nitrogens with two attached hydrogens (primary N) is 1. The molecule has 0 aliphatic carbocycles. The highest BCUT2D eigenvalue weighted by molar-refractivity contribution is 5.84. The molecule has 4 heterocycles. The molecule has 0 spiro atoms. The zero-order valence-corrected chi connectivity index (χ0v) is 16.3. The van der Waals surface area contributed by atoms with E-state index in [0.717, 1.165) is 11.3 Å². The molecule has 152 valence electrons. The Labute approximate surface area is 177 Å². The molecule has 4 N–H and O–H groups in total. The highest BCUT2D eigenvalue weighted by Crippen LogP contribution is 2.31. The van der Waals surface area contributed by atoms with E-state index in [2.05, 4.69) is 9.97 Å². The molecule has 4 aromatic heterocycles. The molecule has 31 heavy (non-hydrogen) atoms. The summed E-state index contributed by atoms with van der Waals surface area (Å²) < 4.78 is 1.91. The fourth-order valence-electron chi connectivity index (χ4n) is 3.42. The van der Waals surface area contributed by atoms with Gasteiger partial charge >= 0.3 is 0 Å². The van der Waals surface area contributed by atoms with Gasteiger partial charge in [-0.25, -0.2) is 15.0 Å². The number of fused-ring (bicyclic) bond motifs is 1. The van der Waals surface area contributed by atoms with Crippen LogP contribution in [0, 0.1) is 0 Å². The lowest BCUT2D eigenvalue weighted by atomic mass is 10.2. The van der Waals surface area contributed by atoms with Crippen molar-refractivity contribution in [1.82, 2.24) is 24.5 Å². The maximum absolute atomic E-state index is 9.53. The molecule has 0 unspecified atom stereocenters. The van der Waals surface area contributed by atoms with Crippen LogP contribution < -0.4 is 5.73 Å². The minimum atomic E-state index is -0.0394. The zero-order valence-electron chi connectivity index (χ0n) is 16.3. The second-order valence-electron chi connectivity index (χ2n) is 6.97. The predicted molar refractivity (Wildman–Crippen MR) is 117 cm³/mol. The number of pyridine rings is 3. The van der Waals surface area contributed by atoms with Crippen molar-refractivity contribution < 1.29 is 10.2 Å². The van der Waals surface area contributed by atoms with Gasteiger partial charge < -0.3 is 15.9 Å². The number of anilines is 1. The van der Waals surface area contributed by atoms with Gasteiger partial charge in [-0.3, -0.25) is 9.55 Å². The number of nitrogens with zero attached hydrogens (tertiary/aromatic N) is 5. The van der Waals surface area contributed by atoms with Gasteiger partial charge in [-0.05, 0) is 54.1 Å². The van der Waals surface area contributed by atoms with E-state index in [1.54, 1.807) is 18.3 Å². The van der Waals surface area contributed by atoms with Gasteiger partial charge in [0.2, 0.25) is 0 Å². The van der Waals surface area contributed by atoms with Crippen LogP contribution in [0.4, 0.5) is 5.82 Å². The molecule has 0 atom stereocenters. The molecular formula is C23H18N6O2. The molecule has 0 bridgehead atoms. The summed E-state index contributed by atoms with van der Waals surface area (Å²) in [5.74, 6) is 1.07. The Morgan fingerprint density at radius 1 is 0.871 bits per heavy atom. The molecular weight excluding hydrogens is 392 g/mol. The van der Waals surface area contributed by atoms with Crippen LogP contribution >= 0.6 is 0 Å².